The molecule has 2 nitrogen and oxygen atoms in total. The highest BCUT2D eigenvalue weighted by molar-refractivity contribution is 5.29. The zero-order chi connectivity index (χ0) is 11.8. The minimum absolute atomic E-state index is 0.0771. The summed E-state index contributed by atoms with van der Waals surface area (Å²) in [5, 5.41) is 9.02. The van der Waals surface area contributed by atoms with E-state index in [1.807, 2.05) is 0 Å². The van der Waals surface area contributed by atoms with Crippen LogP contribution in [0.5, 0.6) is 5.75 Å². The SMILES string of the molecule is OC1CC(Oc2ccc(C(F)(F)F)cc2)C1. The van der Waals surface area contributed by atoms with Crippen molar-refractivity contribution < 1.29 is 23.0 Å². The van der Waals surface area contributed by atoms with Crippen molar-refractivity contribution in [3.8, 4) is 5.75 Å². The van der Waals surface area contributed by atoms with Gasteiger partial charge in [-0.15, -0.1) is 0 Å². The van der Waals surface area contributed by atoms with E-state index in [-0.39, 0.29) is 12.2 Å². The van der Waals surface area contributed by atoms with E-state index in [0.29, 0.717) is 18.6 Å². The Morgan fingerprint density at radius 1 is 1.12 bits per heavy atom. The minimum atomic E-state index is -4.31. The second-order valence-corrected chi connectivity index (χ2v) is 3.89. The van der Waals surface area contributed by atoms with Crippen LogP contribution < -0.4 is 4.74 Å². The van der Waals surface area contributed by atoms with E-state index in [2.05, 4.69) is 0 Å². The monoisotopic (exact) mass is 232 g/mol. The van der Waals surface area contributed by atoms with E-state index >= 15 is 0 Å². The summed E-state index contributed by atoms with van der Waals surface area (Å²) in [4.78, 5) is 0. The first-order valence-corrected chi connectivity index (χ1v) is 4.97. The molecule has 88 valence electrons. The number of hydrogen-bond donors (Lipinski definition) is 1. The van der Waals surface area contributed by atoms with Gasteiger partial charge in [-0.1, -0.05) is 0 Å². The molecule has 0 saturated heterocycles. The predicted molar refractivity (Wildman–Crippen MR) is 51.1 cm³/mol. The third kappa shape index (κ3) is 2.47. The largest absolute Gasteiger partial charge is 0.490 e. The molecule has 0 atom stereocenters. The lowest BCUT2D eigenvalue weighted by Gasteiger charge is -2.31. The standard InChI is InChI=1S/C11H11F3O2/c12-11(13,14)7-1-3-9(4-2-7)16-10-5-8(15)6-10/h1-4,8,10,15H,5-6H2. The Morgan fingerprint density at radius 2 is 1.69 bits per heavy atom. The van der Waals surface area contributed by atoms with E-state index in [0.717, 1.165) is 12.1 Å². The molecule has 1 aromatic carbocycles. The fourth-order valence-corrected chi connectivity index (χ4v) is 1.55. The number of aliphatic hydroxyl groups is 1. The van der Waals surface area contributed by atoms with E-state index in [4.69, 9.17) is 9.84 Å². The fourth-order valence-electron chi connectivity index (χ4n) is 1.55. The van der Waals surface area contributed by atoms with Crippen LogP contribution in [0.3, 0.4) is 0 Å². The number of rotatable bonds is 2. The van der Waals surface area contributed by atoms with Crippen molar-refractivity contribution in [1.82, 2.24) is 0 Å². The van der Waals surface area contributed by atoms with Gasteiger partial charge in [0.2, 0.25) is 0 Å². The maximum absolute atomic E-state index is 12.2. The first-order chi connectivity index (χ1) is 7.45. The number of benzene rings is 1. The van der Waals surface area contributed by atoms with Crippen molar-refractivity contribution >= 4 is 0 Å². The Hall–Kier alpha value is -1.23. The zero-order valence-electron chi connectivity index (χ0n) is 8.37. The average Bonchev–Trinajstić information content (AvgIpc) is 2.15. The molecule has 0 bridgehead atoms. The van der Waals surface area contributed by atoms with Gasteiger partial charge >= 0.3 is 6.18 Å². The third-order valence-corrected chi connectivity index (χ3v) is 2.55. The van der Waals surface area contributed by atoms with Gasteiger partial charge in [-0.05, 0) is 24.3 Å². The van der Waals surface area contributed by atoms with Crippen molar-refractivity contribution in [2.24, 2.45) is 0 Å². The Balaban J connectivity index is 1.97. The van der Waals surface area contributed by atoms with Crippen molar-refractivity contribution in [2.75, 3.05) is 0 Å². The van der Waals surface area contributed by atoms with E-state index in [9.17, 15) is 13.2 Å². The molecule has 5 heteroatoms. The minimum Gasteiger partial charge on any atom is -0.490 e. The van der Waals surface area contributed by atoms with Crippen LogP contribution >= 0.6 is 0 Å². The topological polar surface area (TPSA) is 29.5 Å². The molecule has 0 amide bonds. The normalized spacial score (nSPS) is 25.0. The maximum Gasteiger partial charge on any atom is 0.416 e. The van der Waals surface area contributed by atoms with Crippen molar-refractivity contribution in [3.05, 3.63) is 29.8 Å². The maximum atomic E-state index is 12.2. The van der Waals surface area contributed by atoms with Gasteiger partial charge in [0, 0.05) is 12.8 Å². The Bertz CT molecular complexity index is 352. The van der Waals surface area contributed by atoms with Crippen LogP contribution in [0.1, 0.15) is 18.4 Å². The quantitative estimate of drug-likeness (QED) is 0.849. The van der Waals surface area contributed by atoms with Crippen LogP contribution in [0.2, 0.25) is 0 Å². The van der Waals surface area contributed by atoms with E-state index in [1.165, 1.54) is 12.1 Å². The molecular weight excluding hydrogens is 221 g/mol. The van der Waals surface area contributed by atoms with E-state index in [1.54, 1.807) is 0 Å². The predicted octanol–water partition coefficient (Wildman–Crippen LogP) is 2.61. The summed E-state index contributed by atoms with van der Waals surface area (Å²) in [6.07, 6.45) is -3.64. The molecule has 0 unspecified atom stereocenters. The number of alkyl halides is 3. The second-order valence-electron chi connectivity index (χ2n) is 3.89. The second kappa shape index (κ2) is 3.97. The molecule has 0 spiro atoms. The molecule has 2 rings (SSSR count). The Morgan fingerprint density at radius 3 is 2.12 bits per heavy atom. The lowest BCUT2D eigenvalue weighted by atomic mass is 9.92. The summed E-state index contributed by atoms with van der Waals surface area (Å²) in [6, 6.07) is 4.58. The van der Waals surface area contributed by atoms with Gasteiger partial charge in [-0.3, -0.25) is 0 Å². The zero-order valence-corrected chi connectivity index (χ0v) is 8.37. The van der Waals surface area contributed by atoms with Gasteiger partial charge in [0.1, 0.15) is 11.9 Å². The summed E-state index contributed by atoms with van der Waals surface area (Å²) in [5.74, 6) is 0.407. The number of hydrogen-bond acceptors (Lipinski definition) is 2. The first kappa shape index (κ1) is 11.3. The molecule has 0 radical (unpaired) electrons. The lowest BCUT2D eigenvalue weighted by molar-refractivity contribution is -0.137. The number of aliphatic hydroxyl groups excluding tert-OH is 1. The molecule has 1 aromatic rings. The molecule has 1 saturated carbocycles. The van der Waals surface area contributed by atoms with E-state index < -0.39 is 11.7 Å². The van der Waals surface area contributed by atoms with Gasteiger partial charge < -0.3 is 9.84 Å². The van der Waals surface area contributed by atoms with Crippen LogP contribution in [-0.2, 0) is 6.18 Å². The summed E-state index contributed by atoms with van der Waals surface area (Å²) in [6.45, 7) is 0. The summed E-state index contributed by atoms with van der Waals surface area (Å²) >= 11 is 0. The molecule has 1 aliphatic rings. The smallest absolute Gasteiger partial charge is 0.416 e. The van der Waals surface area contributed by atoms with Crippen molar-refractivity contribution in [3.63, 3.8) is 0 Å². The van der Waals surface area contributed by atoms with Gasteiger partial charge in [-0.2, -0.15) is 13.2 Å². The lowest BCUT2D eigenvalue weighted by Crippen LogP contribution is -2.37. The Kier molecular flexibility index (Phi) is 2.80. The molecule has 0 heterocycles. The van der Waals surface area contributed by atoms with Crippen LogP contribution in [0.15, 0.2) is 24.3 Å². The van der Waals surface area contributed by atoms with Gasteiger partial charge in [0.05, 0.1) is 11.7 Å². The van der Waals surface area contributed by atoms with Crippen LogP contribution in [0.25, 0.3) is 0 Å². The highest BCUT2D eigenvalue weighted by Crippen LogP contribution is 2.31. The van der Waals surface area contributed by atoms with Crippen LogP contribution in [0, 0.1) is 0 Å². The average molecular weight is 232 g/mol. The first-order valence-electron chi connectivity index (χ1n) is 4.97. The van der Waals surface area contributed by atoms with Crippen molar-refractivity contribution in [1.29, 1.82) is 0 Å². The van der Waals surface area contributed by atoms with Gasteiger partial charge in [-0.25, -0.2) is 0 Å². The molecule has 16 heavy (non-hydrogen) atoms. The summed E-state index contributed by atoms with van der Waals surface area (Å²) in [5.41, 5.74) is -0.687. The van der Waals surface area contributed by atoms with Crippen LogP contribution in [-0.4, -0.2) is 17.3 Å². The number of ether oxygens (including phenoxy) is 1. The molecule has 1 aliphatic carbocycles. The highest BCUT2D eigenvalue weighted by Gasteiger charge is 2.31. The van der Waals surface area contributed by atoms with Crippen molar-refractivity contribution in [2.45, 2.75) is 31.2 Å². The highest BCUT2D eigenvalue weighted by atomic mass is 19.4. The molecular formula is C11H11F3O2. The summed E-state index contributed by atoms with van der Waals surface area (Å²) in [7, 11) is 0. The molecule has 0 aromatic heterocycles. The Labute approximate surface area is 90.7 Å². The van der Waals surface area contributed by atoms with Gasteiger partial charge in [0.15, 0.2) is 0 Å². The third-order valence-electron chi connectivity index (χ3n) is 2.55. The fraction of sp³-hybridized carbons (Fsp3) is 0.455. The van der Waals surface area contributed by atoms with Gasteiger partial charge in [0.25, 0.3) is 0 Å². The molecule has 1 N–H and O–H groups in total. The molecule has 1 fully saturated rings. The van der Waals surface area contributed by atoms with Crippen LogP contribution in [0.4, 0.5) is 13.2 Å². The molecule has 0 aliphatic heterocycles. The summed E-state index contributed by atoms with van der Waals surface area (Å²) < 4.78 is 42.1. The number of halogens is 3.